The average molecular weight is 299 g/mol. The molecular formula is C15H19F2NO3. The van der Waals surface area contributed by atoms with Gasteiger partial charge in [0, 0.05) is 12.1 Å². The highest BCUT2D eigenvalue weighted by Gasteiger charge is 2.38. The Balaban J connectivity index is 3.25. The van der Waals surface area contributed by atoms with Crippen molar-refractivity contribution >= 4 is 5.97 Å². The number of nitrogens with one attached hydrogen (secondary N) is 1. The molecule has 1 unspecified atom stereocenters. The van der Waals surface area contributed by atoms with Gasteiger partial charge in [-0.15, -0.1) is 6.58 Å². The third kappa shape index (κ3) is 4.26. The van der Waals surface area contributed by atoms with E-state index in [1.807, 2.05) is 0 Å². The minimum atomic E-state index is -2.98. The van der Waals surface area contributed by atoms with Crippen LogP contribution in [-0.4, -0.2) is 25.7 Å². The van der Waals surface area contributed by atoms with Crippen molar-refractivity contribution in [1.82, 2.24) is 5.32 Å². The lowest BCUT2D eigenvalue weighted by Gasteiger charge is -2.30. The molecule has 0 aliphatic rings. The summed E-state index contributed by atoms with van der Waals surface area (Å²) in [6, 6.07) is 6.13. The molecule has 116 valence electrons. The average Bonchev–Trinajstić information content (AvgIpc) is 2.45. The van der Waals surface area contributed by atoms with Crippen LogP contribution >= 0.6 is 0 Å². The highest BCUT2D eigenvalue weighted by atomic mass is 19.3. The minimum absolute atomic E-state index is 0.0698. The van der Waals surface area contributed by atoms with Crippen LogP contribution in [0.5, 0.6) is 5.75 Å². The second kappa shape index (κ2) is 7.73. The topological polar surface area (TPSA) is 47.6 Å². The first kappa shape index (κ1) is 17.1. The smallest absolute Gasteiger partial charge is 0.387 e. The summed E-state index contributed by atoms with van der Waals surface area (Å²) in [6.07, 6.45) is 1.56. The maximum Gasteiger partial charge on any atom is 0.387 e. The zero-order chi connectivity index (χ0) is 15.9. The normalized spacial score (nSPS) is 13.6. The molecule has 0 aliphatic heterocycles. The van der Waals surface area contributed by atoms with Gasteiger partial charge in [0.2, 0.25) is 0 Å². The Morgan fingerprint density at radius 3 is 2.71 bits per heavy atom. The Hall–Kier alpha value is -1.95. The lowest BCUT2D eigenvalue weighted by molar-refractivity contribution is -0.151. The number of esters is 1. The summed E-state index contributed by atoms with van der Waals surface area (Å²) in [7, 11) is 0. The molecule has 1 aromatic rings. The number of alkyl halides is 2. The molecule has 1 rings (SSSR count). The van der Waals surface area contributed by atoms with E-state index in [1.165, 1.54) is 6.07 Å². The first-order chi connectivity index (χ1) is 9.95. The molecule has 0 aliphatic carbocycles. The number of carbonyl (C=O) groups excluding carboxylic acids is 1. The number of benzene rings is 1. The van der Waals surface area contributed by atoms with Crippen molar-refractivity contribution in [3.63, 3.8) is 0 Å². The Labute approximate surface area is 122 Å². The predicted molar refractivity (Wildman–Crippen MR) is 75.3 cm³/mol. The Morgan fingerprint density at radius 2 is 2.14 bits per heavy atom. The summed E-state index contributed by atoms with van der Waals surface area (Å²) in [5.41, 5.74) is -1.03. The van der Waals surface area contributed by atoms with Crippen molar-refractivity contribution in [1.29, 1.82) is 0 Å². The monoisotopic (exact) mass is 299 g/mol. The van der Waals surface area contributed by atoms with Gasteiger partial charge >= 0.3 is 12.6 Å². The van der Waals surface area contributed by atoms with Gasteiger partial charge in [0.05, 0.1) is 6.61 Å². The molecule has 0 amide bonds. The molecule has 0 fully saturated rings. The van der Waals surface area contributed by atoms with Crippen molar-refractivity contribution in [3.8, 4) is 5.75 Å². The van der Waals surface area contributed by atoms with E-state index in [0.29, 0.717) is 6.54 Å². The van der Waals surface area contributed by atoms with Crippen molar-refractivity contribution in [2.24, 2.45) is 0 Å². The molecule has 0 aromatic heterocycles. The van der Waals surface area contributed by atoms with E-state index >= 15 is 0 Å². The molecule has 0 saturated carbocycles. The number of hydrogen-bond acceptors (Lipinski definition) is 4. The van der Waals surface area contributed by atoms with E-state index in [0.717, 1.165) is 0 Å². The third-order valence-electron chi connectivity index (χ3n) is 2.93. The standard InChI is InChI=1S/C15H19F2NO3/c1-4-10-18-15(3,13(19)20-5-2)11-8-6-7-9-12(11)21-14(16)17/h4,6-9,14,18H,1,5,10H2,2-3H3. The molecule has 0 radical (unpaired) electrons. The maximum atomic E-state index is 12.5. The first-order valence-corrected chi connectivity index (χ1v) is 6.53. The SMILES string of the molecule is C=CCNC(C)(C(=O)OCC)c1ccccc1OC(F)F. The van der Waals surface area contributed by atoms with Crippen LogP contribution in [-0.2, 0) is 15.1 Å². The second-order valence-corrected chi connectivity index (χ2v) is 4.39. The van der Waals surface area contributed by atoms with E-state index in [4.69, 9.17) is 4.74 Å². The molecule has 6 heteroatoms. The molecule has 1 N–H and O–H groups in total. The number of ether oxygens (including phenoxy) is 2. The van der Waals surface area contributed by atoms with Crippen molar-refractivity contribution in [2.75, 3.05) is 13.2 Å². The molecule has 1 atom stereocenters. The molecule has 0 saturated heterocycles. The predicted octanol–water partition coefficient (Wildman–Crippen LogP) is 2.84. The van der Waals surface area contributed by atoms with Gasteiger partial charge in [0.25, 0.3) is 0 Å². The lowest BCUT2D eigenvalue weighted by atomic mass is 9.91. The molecule has 1 aromatic carbocycles. The summed E-state index contributed by atoms with van der Waals surface area (Å²) in [5.74, 6) is -0.642. The Bertz CT molecular complexity index is 494. The molecule has 0 bridgehead atoms. The largest absolute Gasteiger partial charge is 0.464 e. The van der Waals surface area contributed by atoms with E-state index < -0.39 is 18.1 Å². The summed E-state index contributed by atoms with van der Waals surface area (Å²) in [5, 5.41) is 2.94. The number of para-hydroxylation sites is 1. The van der Waals surface area contributed by atoms with Gasteiger partial charge in [-0.25, -0.2) is 4.79 Å². The fraction of sp³-hybridized carbons (Fsp3) is 0.400. The van der Waals surface area contributed by atoms with E-state index in [2.05, 4.69) is 16.6 Å². The number of hydrogen-bond donors (Lipinski definition) is 1. The van der Waals surface area contributed by atoms with Gasteiger partial charge in [-0.05, 0) is 19.9 Å². The van der Waals surface area contributed by atoms with Gasteiger partial charge < -0.3 is 9.47 Å². The van der Waals surface area contributed by atoms with E-state index in [1.54, 1.807) is 38.1 Å². The lowest BCUT2D eigenvalue weighted by Crippen LogP contribution is -2.48. The highest BCUT2D eigenvalue weighted by molar-refractivity contribution is 5.83. The van der Waals surface area contributed by atoms with E-state index in [-0.39, 0.29) is 17.9 Å². The van der Waals surface area contributed by atoms with Gasteiger partial charge in [0.1, 0.15) is 11.3 Å². The molecule has 0 spiro atoms. The zero-order valence-electron chi connectivity index (χ0n) is 12.1. The Kier molecular flexibility index (Phi) is 6.30. The fourth-order valence-corrected chi connectivity index (χ4v) is 1.91. The summed E-state index contributed by atoms with van der Waals surface area (Å²) >= 11 is 0. The van der Waals surface area contributed by atoms with Crippen molar-refractivity contribution in [2.45, 2.75) is 26.0 Å². The summed E-state index contributed by atoms with van der Waals surface area (Å²) < 4.78 is 34.6. The number of carbonyl (C=O) groups is 1. The van der Waals surface area contributed by atoms with Gasteiger partial charge in [0.15, 0.2) is 0 Å². The van der Waals surface area contributed by atoms with Crippen LogP contribution in [0.3, 0.4) is 0 Å². The molecular weight excluding hydrogens is 280 g/mol. The van der Waals surface area contributed by atoms with Gasteiger partial charge in [-0.1, -0.05) is 24.3 Å². The summed E-state index contributed by atoms with van der Waals surface area (Å²) in [4.78, 5) is 12.2. The van der Waals surface area contributed by atoms with Crippen LogP contribution in [0.2, 0.25) is 0 Å². The van der Waals surface area contributed by atoms with Gasteiger partial charge in [-0.2, -0.15) is 8.78 Å². The minimum Gasteiger partial charge on any atom is -0.464 e. The van der Waals surface area contributed by atoms with Crippen molar-refractivity contribution < 1.29 is 23.0 Å². The third-order valence-corrected chi connectivity index (χ3v) is 2.93. The van der Waals surface area contributed by atoms with Crippen molar-refractivity contribution in [3.05, 3.63) is 42.5 Å². The van der Waals surface area contributed by atoms with Crippen LogP contribution in [0.1, 0.15) is 19.4 Å². The second-order valence-electron chi connectivity index (χ2n) is 4.39. The molecule has 21 heavy (non-hydrogen) atoms. The fourth-order valence-electron chi connectivity index (χ4n) is 1.91. The molecule has 0 heterocycles. The van der Waals surface area contributed by atoms with Crippen LogP contribution in [0.25, 0.3) is 0 Å². The molecule has 4 nitrogen and oxygen atoms in total. The first-order valence-electron chi connectivity index (χ1n) is 6.53. The van der Waals surface area contributed by atoms with E-state index in [9.17, 15) is 13.6 Å². The highest BCUT2D eigenvalue weighted by Crippen LogP contribution is 2.32. The Morgan fingerprint density at radius 1 is 1.48 bits per heavy atom. The van der Waals surface area contributed by atoms with Crippen LogP contribution in [0, 0.1) is 0 Å². The maximum absolute atomic E-state index is 12.5. The number of halogens is 2. The van der Waals surface area contributed by atoms with Crippen LogP contribution < -0.4 is 10.1 Å². The summed E-state index contributed by atoms with van der Waals surface area (Å²) in [6.45, 7) is 4.31. The zero-order valence-corrected chi connectivity index (χ0v) is 12.1. The van der Waals surface area contributed by atoms with Crippen LogP contribution in [0.4, 0.5) is 8.78 Å². The van der Waals surface area contributed by atoms with Gasteiger partial charge in [-0.3, -0.25) is 5.32 Å². The quantitative estimate of drug-likeness (QED) is 0.592. The number of rotatable bonds is 8. The van der Waals surface area contributed by atoms with Crippen LogP contribution in [0.15, 0.2) is 36.9 Å².